The minimum atomic E-state index is 0.203. The first kappa shape index (κ1) is 11.4. The highest BCUT2D eigenvalue weighted by atomic mass is 16.5. The van der Waals surface area contributed by atoms with Gasteiger partial charge in [0.25, 0.3) is 0 Å². The molecule has 0 radical (unpaired) electrons. The van der Waals surface area contributed by atoms with E-state index < -0.39 is 0 Å². The number of morpholine rings is 1. The van der Waals surface area contributed by atoms with Crippen LogP contribution in [0, 0.1) is 5.41 Å². The van der Waals surface area contributed by atoms with E-state index in [0.717, 1.165) is 13.1 Å². The van der Waals surface area contributed by atoms with Crippen LogP contribution in [-0.2, 0) is 4.74 Å². The molecule has 2 fully saturated rings. The van der Waals surface area contributed by atoms with E-state index in [1.165, 1.54) is 32.1 Å². The van der Waals surface area contributed by atoms with Gasteiger partial charge in [-0.05, 0) is 24.7 Å². The van der Waals surface area contributed by atoms with Crippen LogP contribution in [0.15, 0.2) is 0 Å². The van der Waals surface area contributed by atoms with Gasteiger partial charge in [-0.3, -0.25) is 0 Å². The quantitative estimate of drug-likeness (QED) is 0.720. The van der Waals surface area contributed by atoms with E-state index in [4.69, 9.17) is 4.74 Å². The van der Waals surface area contributed by atoms with Gasteiger partial charge in [0.05, 0.1) is 11.7 Å². The Morgan fingerprint density at radius 2 is 1.93 bits per heavy atom. The summed E-state index contributed by atoms with van der Waals surface area (Å²) in [6.45, 7) is 9.01. The normalized spacial score (nSPS) is 31.0. The van der Waals surface area contributed by atoms with Crippen molar-refractivity contribution in [2.24, 2.45) is 5.41 Å². The van der Waals surface area contributed by atoms with Gasteiger partial charge in [-0.25, -0.2) is 0 Å². The molecule has 2 nitrogen and oxygen atoms in total. The maximum Gasteiger partial charge on any atom is 0.0810 e. The lowest BCUT2D eigenvalue weighted by Gasteiger charge is -2.41. The standard InChI is InChI=1S/C13H25NO/c1-12(2,3)8-11-9-14-10-13(15-11)6-4-5-7-13/h11,14H,4-10H2,1-3H3. The van der Waals surface area contributed by atoms with Gasteiger partial charge in [-0.15, -0.1) is 0 Å². The van der Waals surface area contributed by atoms with E-state index in [9.17, 15) is 0 Å². The molecule has 0 aromatic rings. The number of rotatable bonds is 1. The number of nitrogens with one attached hydrogen (secondary N) is 1. The van der Waals surface area contributed by atoms with Crippen LogP contribution >= 0.6 is 0 Å². The Morgan fingerprint density at radius 3 is 2.53 bits per heavy atom. The zero-order valence-electron chi connectivity index (χ0n) is 10.4. The highest BCUT2D eigenvalue weighted by Crippen LogP contribution is 2.37. The topological polar surface area (TPSA) is 21.3 Å². The predicted molar refractivity (Wildman–Crippen MR) is 63.0 cm³/mol. The fourth-order valence-corrected chi connectivity index (χ4v) is 3.01. The van der Waals surface area contributed by atoms with E-state index in [2.05, 4.69) is 26.1 Å². The molecule has 1 aliphatic heterocycles. The lowest BCUT2D eigenvalue weighted by Crippen LogP contribution is -2.53. The molecule has 0 aromatic heterocycles. The minimum Gasteiger partial charge on any atom is -0.369 e. The molecule has 1 saturated carbocycles. The maximum atomic E-state index is 6.35. The lowest BCUT2D eigenvalue weighted by molar-refractivity contribution is -0.122. The summed E-state index contributed by atoms with van der Waals surface area (Å²) in [5.41, 5.74) is 0.581. The highest BCUT2D eigenvalue weighted by Gasteiger charge is 2.40. The summed E-state index contributed by atoms with van der Waals surface area (Å²) in [5.74, 6) is 0. The molecular formula is C13H25NO. The summed E-state index contributed by atoms with van der Waals surface area (Å²) in [6, 6.07) is 0. The Morgan fingerprint density at radius 1 is 1.27 bits per heavy atom. The van der Waals surface area contributed by atoms with Gasteiger partial charge in [0, 0.05) is 13.1 Å². The maximum absolute atomic E-state index is 6.35. The molecule has 1 aliphatic carbocycles. The summed E-state index contributed by atoms with van der Waals surface area (Å²) in [7, 11) is 0. The van der Waals surface area contributed by atoms with Gasteiger partial charge in [0.2, 0.25) is 0 Å². The SMILES string of the molecule is CC(C)(C)CC1CNCC2(CCCC2)O1. The van der Waals surface area contributed by atoms with Gasteiger partial charge < -0.3 is 10.1 Å². The van der Waals surface area contributed by atoms with Crippen LogP contribution in [0.5, 0.6) is 0 Å². The van der Waals surface area contributed by atoms with Gasteiger partial charge >= 0.3 is 0 Å². The third kappa shape index (κ3) is 2.94. The molecule has 0 bridgehead atoms. The molecule has 2 aliphatic rings. The molecule has 88 valence electrons. The van der Waals surface area contributed by atoms with Gasteiger partial charge in [-0.1, -0.05) is 33.6 Å². The number of hydrogen-bond donors (Lipinski definition) is 1. The Bertz CT molecular complexity index is 213. The summed E-state index contributed by atoms with van der Waals surface area (Å²) in [6.07, 6.45) is 6.83. The Labute approximate surface area is 93.8 Å². The largest absolute Gasteiger partial charge is 0.369 e. The third-order valence-electron chi connectivity index (χ3n) is 3.59. The molecule has 1 N–H and O–H groups in total. The van der Waals surface area contributed by atoms with Crippen LogP contribution in [-0.4, -0.2) is 24.8 Å². The number of ether oxygens (including phenoxy) is 1. The second kappa shape index (κ2) is 4.06. The molecule has 2 rings (SSSR count). The Kier molecular flexibility index (Phi) is 3.09. The number of hydrogen-bond acceptors (Lipinski definition) is 2. The average molecular weight is 211 g/mol. The van der Waals surface area contributed by atoms with Crippen molar-refractivity contribution in [1.29, 1.82) is 0 Å². The van der Waals surface area contributed by atoms with Crippen LogP contribution < -0.4 is 5.32 Å². The molecular weight excluding hydrogens is 186 g/mol. The summed E-state index contributed by atoms with van der Waals surface area (Å²) in [4.78, 5) is 0. The lowest BCUT2D eigenvalue weighted by atomic mass is 9.87. The molecule has 1 saturated heterocycles. The van der Waals surface area contributed by atoms with E-state index in [-0.39, 0.29) is 5.60 Å². The van der Waals surface area contributed by atoms with Crippen LogP contribution in [0.2, 0.25) is 0 Å². The van der Waals surface area contributed by atoms with E-state index in [0.29, 0.717) is 11.5 Å². The molecule has 0 aromatic carbocycles. The molecule has 1 heterocycles. The van der Waals surface area contributed by atoms with Crippen molar-refractivity contribution in [3.05, 3.63) is 0 Å². The van der Waals surface area contributed by atoms with Crippen LogP contribution in [0.25, 0.3) is 0 Å². The second-order valence-electron chi connectivity index (χ2n) is 6.53. The van der Waals surface area contributed by atoms with Crippen molar-refractivity contribution >= 4 is 0 Å². The van der Waals surface area contributed by atoms with Crippen LogP contribution in [0.4, 0.5) is 0 Å². The highest BCUT2D eigenvalue weighted by molar-refractivity contribution is 4.93. The summed E-state index contributed by atoms with van der Waals surface area (Å²) >= 11 is 0. The first-order valence-electron chi connectivity index (χ1n) is 6.38. The van der Waals surface area contributed by atoms with Gasteiger partial charge in [0.1, 0.15) is 0 Å². The first-order chi connectivity index (χ1) is 6.99. The average Bonchev–Trinajstić information content (AvgIpc) is 2.50. The second-order valence-corrected chi connectivity index (χ2v) is 6.53. The van der Waals surface area contributed by atoms with Crippen molar-refractivity contribution in [3.63, 3.8) is 0 Å². The van der Waals surface area contributed by atoms with Crippen molar-refractivity contribution < 1.29 is 4.74 Å². The molecule has 0 amide bonds. The van der Waals surface area contributed by atoms with Crippen LogP contribution in [0.3, 0.4) is 0 Å². The summed E-state index contributed by atoms with van der Waals surface area (Å²) < 4.78 is 6.35. The van der Waals surface area contributed by atoms with Gasteiger partial charge in [-0.2, -0.15) is 0 Å². The Balaban J connectivity index is 1.92. The van der Waals surface area contributed by atoms with Crippen molar-refractivity contribution in [3.8, 4) is 0 Å². The summed E-state index contributed by atoms with van der Waals surface area (Å²) in [5, 5.41) is 3.57. The minimum absolute atomic E-state index is 0.203. The van der Waals surface area contributed by atoms with Crippen molar-refractivity contribution in [2.45, 2.75) is 64.6 Å². The zero-order valence-corrected chi connectivity index (χ0v) is 10.4. The van der Waals surface area contributed by atoms with Gasteiger partial charge in [0.15, 0.2) is 0 Å². The van der Waals surface area contributed by atoms with E-state index in [1.807, 2.05) is 0 Å². The third-order valence-corrected chi connectivity index (χ3v) is 3.59. The molecule has 1 unspecified atom stereocenters. The first-order valence-corrected chi connectivity index (χ1v) is 6.38. The monoisotopic (exact) mass is 211 g/mol. The smallest absolute Gasteiger partial charge is 0.0810 e. The van der Waals surface area contributed by atoms with E-state index >= 15 is 0 Å². The molecule has 1 spiro atoms. The fourth-order valence-electron chi connectivity index (χ4n) is 3.01. The molecule has 2 heteroatoms. The van der Waals surface area contributed by atoms with Crippen molar-refractivity contribution in [2.75, 3.05) is 13.1 Å². The molecule has 1 atom stereocenters. The predicted octanol–water partition coefficient (Wildman–Crippen LogP) is 2.72. The Hall–Kier alpha value is -0.0800. The van der Waals surface area contributed by atoms with Crippen molar-refractivity contribution in [1.82, 2.24) is 5.32 Å². The van der Waals surface area contributed by atoms with E-state index in [1.54, 1.807) is 0 Å². The fraction of sp³-hybridized carbons (Fsp3) is 1.00. The molecule has 15 heavy (non-hydrogen) atoms. The zero-order chi connectivity index (χ0) is 10.9. The van der Waals surface area contributed by atoms with Crippen LogP contribution in [0.1, 0.15) is 52.9 Å².